The molecular formula is C14H11N3O2S. The van der Waals surface area contributed by atoms with Gasteiger partial charge in [0.05, 0.1) is 10.9 Å². The molecule has 0 atom stereocenters. The Balaban J connectivity index is 1.97. The minimum absolute atomic E-state index is 0.305. The van der Waals surface area contributed by atoms with E-state index in [1.807, 2.05) is 11.4 Å². The number of aryl methyl sites for hydroxylation is 1. The topological polar surface area (TPSA) is 75.1 Å². The normalized spacial score (nSPS) is 10.7. The molecule has 2 aromatic heterocycles. The van der Waals surface area contributed by atoms with Gasteiger partial charge in [0.15, 0.2) is 0 Å². The maximum Gasteiger partial charge on any atom is 0.335 e. The summed E-state index contributed by atoms with van der Waals surface area (Å²) in [5.41, 5.74) is 1.82. The summed E-state index contributed by atoms with van der Waals surface area (Å²) in [6, 6.07) is 7.08. The Morgan fingerprint density at radius 3 is 2.90 bits per heavy atom. The first-order valence-electron chi connectivity index (χ1n) is 5.94. The average molecular weight is 285 g/mol. The molecule has 2 N–H and O–H groups in total. The Morgan fingerprint density at radius 1 is 1.30 bits per heavy atom. The van der Waals surface area contributed by atoms with E-state index in [0.717, 1.165) is 21.7 Å². The van der Waals surface area contributed by atoms with Crippen molar-refractivity contribution in [3.8, 4) is 0 Å². The van der Waals surface area contributed by atoms with Crippen LogP contribution in [-0.4, -0.2) is 21.0 Å². The molecule has 0 bridgehead atoms. The van der Waals surface area contributed by atoms with E-state index in [1.54, 1.807) is 36.5 Å². The summed E-state index contributed by atoms with van der Waals surface area (Å²) < 4.78 is 0. The monoisotopic (exact) mass is 285 g/mol. The molecule has 1 aromatic carbocycles. The van der Waals surface area contributed by atoms with E-state index in [9.17, 15) is 4.79 Å². The van der Waals surface area contributed by atoms with E-state index in [-0.39, 0.29) is 0 Å². The number of carboxylic acids is 1. The number of aromatic carboxylic acids is 1. The summed E-state index contributed by atoms with van der Waals surface area (Å²) in [6.45, 7) is 1.77. The Kier molecular flexibility index (Phi) is 3.08. The van der Waals surface area contributed by atoms with Crippen molar-refractivity contribution < 1.29 is 9.90 Å². The Hall–Kier alpha value is -2.47. The number of nitrogens with one attached hydrogen (secondary N) is 1. The van der Waals surface area contributed by atoms with Crippen LogP contribution >= 0.6 is 11.3 Å². The van der Waals surface area contributed by atoms with Crippen LogP contribution in [0.3, 0.4) is 0 Å². The second-order valence-electron chi connectivity index (χ2n) is 4.32. The number of hydrogen-bond acceptors (Lipinski definition) is 5. The van der Waals surface area contributed by atoms with E-state index in [1.165, 1.54) is 6.33 Å². The van der Waals surface area contributed by atoms with Crippen molar-refractivity contribution in [1.82, 2.24) is 9.97 Å². The van der Waals surface area contributed by atoms with Crippen LogP contribution in [-0.2, 0) is 0 Å². The smallest absolute Gasteiger partial charge is 0.335 e. The fraction of sp³-hybridized carbons (Fsp3) is 0.0714. The van der Waals surface area contributed by atoms with E-state index in [4.69, 9.17) is 5.11 Å². The van der Waals surface area contributed by atoms with Gasteiger partial charge in [0.25, 0.3) is 0 Å². The highest BCUT2D eigenvalue weighted by Gasteiger charge is 2.09. The molecule has 0 unspecified atom stereocenters. The predicted octanol–water partition coefficient (Wildman–Crippen LogP) is 3.44. The molecule has 0 aliphatic carbocycles. The number of aromatic nitrogens is 2. The van der Waals surface area contributed by atoms with Gasteiger partial charge in [-0.2, -0.15) is 0 Å². The lowest BCUT2D eigenvalue weighted by Crippen LogP contribution is -2.01. The molecule has 0 fully saturated rings. The zero-order valence-electron chi connectivity index (χ0n) is 10.6. The molecule has 0 radical (unpaired) electrons. The Morgan fingerprint density at radius 2 is 2.15 bits per heavy atom. The van der Waals surface area contributed by atoms with E-state index >= 15 is 0 Å². The second-order valence-corrected chi connectivity index (χ2v) is 5.22. The molecule has 0 saturated carbocycles. The number of rotatable bonds is 3. The van der Waals surface area contributed by atoms with Gasteiger partial charge in [-0.25, -0.2) is 14.8 Å². The molecule has 2 heterocycles. The van der Waals surface area contributed by atoms with Crippen molar-refractivity contribution in [2.75, 3.05) is 5.32 Å². The van der Waals surface area contributed by atoms with Gasteiger partial charge in [0.1, 0.15) is 17.0 Å². The molecule has 6 heteroatoms. The number of carbonyl (C=O) groups is 1. The maximum absolute atomic E-state index is 11.0. The third-order valence-electron chi connectivity index (χ3n) is 2.98. The molecule has 0 saturated heterocycles. The van der Waals surface area contributed by atoms with Crippen molar-refractivity contribution in [2.24, 2.45) is 0 Å². The third-order valence-corrected chi connectivity index (χ3v) is 3.80. The lowest BCUT2D eigenvalue weighted by Gasteiger charge is -2.08. The fourth-order valence-corrected chi connectivity index (χ4v) is 2.74. The molecule has 0 aliphatic rings. The highest BCUT2D eigenvalue weighted by molar-refractivity contribution is 7.16. The van der Waals surface area contributed by atoms with Gasteiger partial charge in [0, 0.05) is 5.69 Å². The first-order valence-corrected chi connectivity index (χ1v) is 6.82. The van der Waals surface area contributed by atoms with Gasteiger partial charge in [-0.15, -0.1) is 11.3 Å². The number of anilines is 2. The first kappa shape index (κ1) is 12.6. The summed E-state index contributed by atoms with van der Waals surface area (Å²) >= 11 is 1.55. The van der Waals surface area contributed by atoms with Crippen LogP contribution in [0.15, 0.2) is 36.0 Å². The summed E-state index contributed by atoms with van der Waals surface area (Å²) in [6.07, 6.45) is 1.51. The molecule has 20 heavy (non-hydrogen) atoms. The van der Waals surface area contributed by atoms with Crippen LogP contribution in [0.5, 0.6) is 0 Å². The predicted molar refractivity (Wildman–Crippen MR) is 78.8 cm³/mol. The largest absolute Gasteiger partial charge is 0.478 e. The molecule has 0 spiro atoms. The lowest BCUT2D eigenvalue weighted by atomic mass is 10.1. The standard InChI is InChI=1S/C14H11N3O2S/c1-8-6-9(2-3-10(8)14(18)19)17-12-11-4-5-20-13(11)16-7-15-12/h2-7H,1H3,(H,18,19)(H,15,16,17). The average Bonchev–Trinajstić information content (AvgIpc) is 2.87. The van der Waals surface area contributed by atoms with E-state index in [2.05, 4.69) is 15.3 Å². The van der Waals surface area contributed by atoms with Crippen LogP contribution < -0.4 is 5.32 Å². The molecule has 3 aromatic rings. The third kappa shape index (κ3) is 2.21. The SMILES string of the molecule is Cc1cc(Nc2ncnc3sccc23)ccc1C(=O)O. The van der Waals surface area contributed by atoms with E-state index < -0.39 is 5.97 Å². The fourth-order valence-electron chi connectivity index (χ4n) is 2.01. The first-order chi connectivity index (χ1) is 9.65. The quantitative estimate of drug-likeness (QED) is 0.771. The van der Waals surface area contributed by atoms with Crippen LogP contribution in [0.2, 0.25) is 0 Å². The number of thiophene rings is 1. The van der Waals surface area contributed by atoms with Crippen LogP contribution in [0.1, 0.15) is 15.9 Å². The second kappa shape index (κ2) is 4.90. The maximum atomic E-state index is 11.0. The molecule has 0 amide bonds. The Labute approximate surface area is 118 Å². The van der Waals surface area contributed by atoms with Crippen molar-refractivity contribution >= 4 is 39.0 Å². The molecule has 3 rings (SSSR count). The summed E-state index contributed by atoms with van der Waals surface area (Å²) in [5, 5.41) is 15.1. The number of carboxylic acid groups (broad SMARTS) is 1. The molecular weight excluding hydrogens is 274 g/mol. The summed E-state index contributed by atoms with van der Waals surface area (Å²) in [5.74, 6) is -0.199. The van der Waals surface area contributed by atoms with Crippen molar-refractivity contribution in [3.05, 3.63) is 47.1 Å². The Bertz CT molecular complexity index is 798. The van der Waals surface area contributed by atoms with Gasteiger partial charge < -0.3 is 10.4 Å². The molecule has 100 valence electrons. The van der Waals surface area contributed by atoms with Gasteiger partial charge in [0.2, 0.25) is 0 Å². The zero-order valence-corrected chi connectivity index (χ0v) is 11.4. The van der Waals surface area contributed by atoms with Gasteiger partial charge in [-0.3, -0.25) is 0 Å². The van der Waals surface area contributed by atoms with Gasteiger partial charge >= 0.3 is 5.97 Å². The molecule has 5 nitrogen and oxygen atoms in total. The number of hydrogen-bond donors (Lipinski definition) is 2. The minimum atomic E-state index is -0.920. The summed E-state index contributed by atoms with van der Waals surface area (Å²) in [4.78, 5) is 20.3. The highest BCUT2D eigenvalue weighted by atomic mass is 32.1. The van der Waals surface area contributed by atoms with Gasteiger partial charge in [-0.05, 0) is 42.1 Å². The number of fused-ring (bicyclic) bond motifs is 1. The summed E-state index contributed by atoms with van der Waals surface area (Å²) in [7, 11) is 0. The zero-order chi connectivity index (χ0) is 14.1. The molecule has 0 aliphatic heterocycles. The van der Waals surface area contributed by atoms with Crippen molar-refractivity contribution in [1.29, 1.82) is 0 Å². The van der Waals surface area contributed by atoms with Crippen molar-refractivity contribution in [2.45, 2.75) is 6.92 Å². The lowest BCUT2D eigenvalue weighted by molar-refractivity contribution is 0.0696. The number of benzene rings is 1. The minimum Gasteiger partial charge on any atom is -0.478 e. The van der Waals surface area contributed by atoms with E-state index in [0.29, 0.717) is 11.1 Å². The van der Waals surface area contributed by atoms with Crippen molar-refractivity contribution in [3.63, 3.8) is 0 Å². The van der Waals surface area contributed by atoms with Crippen LogP contribution in [0.4, 0.5) is 11.5 Å². The van der Waals surface area contributed by atoms with Crippen LogP contribution in [0.25, 0.3) is 10.2 Å². The highest BCUT2D eigenvalue weighted by Crippen LogP contribution is 2.27. The number of nitrogens with zero attached hydrogens (tertiary/aromatic N) is 2. The van der Waals surface area contributed by atoms with Crippen LogP contribution in [0, 0.1) is 6.92 Å². The van der Waals surface area contributed by atoms with Gasteiger partial charge in [-0.1, -0.05) is 0 Å².